The van der Waals surface area contributed by atoms with Gasteiger partial charge < -0.3 is 14.2 Å². The molecule has 0 radical (unpaired) electrons. The third kappa shape index (κ3) is 5.25. The summed E-state index contributed by atoms with van der Waals surface area (Å²) in [4.78, 5) is 17.0. The second kappa shape index (κ2) is 8.89. The van der Waals surface area contributed by atoms with E-state index in [1.807, 2.05) is 6.92 Å². The largest absolute Gasteiger partial charge is 0.495 e. The van der Waals surface area contributed by atoms with Crippen molar-refractivity contribution in [1.29, 1.82) is 0 Å². The first-order valence-corrected chi connectivity index (χ1v) is 10.4. The summed E-state index contributed by atoms with van der Waals surface area (Å²) in [5, 5.41) is 7.70. The number of ether oxygens (including phenoxy) is 1. The minimum atomic E-state index is -4.84. The molecule has 0 aliphatic carbocycles. The summed E-state index contributed by atoms with van der Waals surface area (Å²) >= 11 is 0. The van der Waals surface area contributed by atoms with Crippen LogP contribution in [0.15, 0.2) is 36.9 Å². The first kappa shape index (κ1) is 24.5. The van der Waals surface area contributed by atoms with Crippen LogP contribution in [0.25, 0.3) is 16.9 Å². The Labute approximate surface area is 195 Å². The van der Waals surface area contributed by atoms with E-state index in [0.29, 0.717) is 17.0 Å². The first-order valence-electron chi connectivity index (χ1n) is 10.4. The Bertz CT molecular complexity index is 1220. The van der Waals surface area contributed by atoms with E-state index in [9.17, 15) is 31.1 Å². The minimum Gasteiger partial charge on any atom is -0.495 e. The van der Waals surface area contributed by atoms with Crippen LogP contribution >= 0.6 is 0 Å². The highest BCUT2D eigenvalue weighted by Gasteiger charge is 2.50. The molecule has 1 aromatic carbocycles. The van der Waals surface area contributed by atoms with Crippen molar-refractivity contribution in [3.63, 3.8) is 0 Å². The van der Waals surface area contributed by atoms with Crippen molar-refractivity contribution in [1.82, 2.24) is 29.4 Å². The molecule has 3 aromatic rings. The molecule has 2 aromatic heterocycles. The van der Waals surface area contributed by atoms with Gasteiger partial charge in [0.05, 0.1) is 36.9 Å². The molecule has 1 aliphatic heterocycles. The molecule has 0 bridgehead atoms. The van der Waals surface area contributed by atoms with E-state index in [4.69, 9.17) is 4.74 Å². The zero-order valence-corrected chi connectivity index (χ0v) is 18.5. The maximum absolute atomic E-state index is 13.4. The number of hydrogen-bond donors (Lipinski definition) is 0. The number of hydrogen-bond acceptors (Lipinski definition) is 5. The lowest BCUT2D eigenvalue weighted by molar-refractivity contribution is -0.205. The summed E-state index contributed by atoms with van der Waals surface area (Å²) in [7, 11) is 1.45. The molecule has 0 N–H and O–H groups in total. The number of methoxy groups -OCH3 is 1. The molecule has 1 fully saturated rings. The van der Waals surface area contributed by atoms with Gasteiger partial charge in [-0.25, -0.2) is 9.67 Å². The standard InChI is InChI=1S/C21H20F6N6O2/c1-12-7-32(11-28-12)16-4-3-13(5-18(16)35-2)15-9-33(30-29-15)17-6-14(21(25,26)27)8-31(19(17)34)10-20(22,23)24/h3-5,7,9,11,14,17H,6,8,10H2,1-2H3/t14-,17?/m1/s1. The Morgan fingerprint density at radius 3 is 2.49 bits per heavy atom. The Balaban J connectivity index is 1.64. The number of imidazole rings is 1. The quantitative estimate of drug-likeness (QED) is 0.494. The van der Waals surface area contributed by atoms with Crippen LogP contribution in [0.4, 0.5) is 26.3 Å². The topological polar surface area (TPSA) is 78.1 Å². The molecule has 1 unspecified atom stereocenters. The second-order valence-electron chi connectivity index (χ2n) is 8.22. The van der Waals surface area contributed by atoms with E-state index in [0.717, 1.165) is 10.4 Å². The Kier molecular flexibility index (Phi) is 6.23. The van der Waals surface area contributed by atoms with Crippen molar-refractivity contribution in [3.05, 3.63) is 42.6 Å². The van der Waals surface area contributed by atoms with E-state index < -0.39 is 49.7 Å². The number of halogens is 6. The van der Waals surface area contributed by atoms with Crippen molar-refractivity contribution in [2.45, 2.75) is 31.7 Å². The maximum Gasteiger partial charge on any atom is 0.406 e. The third-order valence-electron chi connectivity index (χ3n) is 5.67. The number of carbonyl (C=O) groups is 1. The molecule has 0 spiro atoms. The Hall–Kier alpha value is -3.58. The van der Waals surface area contributed by atoms with Crippen LogP contribution in [0.3, 0.4) is 0 Å². The number of rotatable bonds is 5. The van der Waals surface area contributed by atoms with Gasteiger partial charge in [-0.1, -0.05) is 11.3 Å². The average molecular weight is 502 g/mol. The number of amides is 1. The van der Waals surface area contributed by atoms with Crippen LogP contribution < -0.4 is 4.74 Å². The van der Waals surface area contributed by atoms with Gasteiger partial charge in [0.15, 0.2) is 0 Å². The molecular formula is C21H20F6N6O2. The number of nitrogens with zero attached hydrogens (tertiary/aromatic N) is 6. The molecule has 3 heterocycles. The van der Waals surface area contributed by atoms with Crippen LogP contribution in [-0.2, 0) is 4.79 Å². The zero-order valence-electron chi connectivity index (χ0n) is 18.5. The molecule has 14 heteroatoms. The van der Waals surface area contributed by atoms with Gasteiger partial charge in [-0.2, -0.15) is 26.3 Å². The fourth-order valence-corrected chi connectivity index (χ4v) is 3.99. The Morgan fingerprint density at radius 2 is 1.89 bits per heavy atom. The molecule has 1 saturated heterocycles. The van der Waals surface area contributed by atoms with Crippen LogP contribution in [0, 0.1) is 12.8 Å². The molecule has 0 saturated carbocycles. The first-order chi connectivity index (χ1) is 16.4. The Morgan fingerprint density at radius 1 is 1.14 bits per heavy atom. The van der Waals surface area contributed by atoms with Crippen LogP contribution in [0.1, 0.15) is 18.2 Å². The number of likely N-dealkylation sites (tertiary alicyclic amines) is 1. The van der Waals surface area contributed by atoms with Gasteiger partial charge in [-0.3, -0.25) is 4.79 Å². The minimum absolute atomic E-state index is 0.179. The highest BCUT2D eigenvalue weighted by molar-refractivity contribution is 5.81. The molecule has 2 atom stereocenters. The number of benzene rings is 1. The number of aromatic nitrogens is 5. The number of piperidine rings is 1. The smallest absolute Gasteiger partial charge is 0.406 e. The highest BCUT2D eigenvalue weighted by Crippen LogP contribution is 2.39. The lowest BCUT2D eigenvalue weighted by Crippen LogP contribution is -2.52. The summed E-state index contributed by atoms with van der Waals surface area (Å²) in [6.45, 7) is -1.02. The second-order valence-corrected chi connectivity index (χ2v) is 8.22. The molecule has 188 valence electrons. The summed E-state index contributed by atoms with van der Waals surface area (Å²) in [6, 6.07) is 3.42. The van der Waals surface area contributed by atoms with Gasteiger partial charge in [0.1, 0.15) is 24.0 Å². The van der Waals surface area contributed by atoms with Crippen molar-refractivity contribution in [3.8, 4) is 22.7 Å². The van der Waals surface area contributed by atoms with E-state index in [1.54, 1.807) is 35.3 Å². The van der Waals surface area contributed by atoms with Crippen molar-refractivity contribution in [2.75, 3.05) is 20.2 Å². The number of aryl methyl sites for hydroxylation is 1. The third-order valence-corrected chi connectivity index (χ3v) is 5.67. The van der Waals surface area contributed by atoms with Gasteiger partial charge >= 0.3 is 12.4 Å². The van der Waals surface area contributed by atoms with E-state index >= 15 is 0 Å². The molecule has 35 heavy (non-hydrogen) atoms. The monoisotopic (exact) mass is 502 g/mol. The van der Waals surface area contributed by atoms with Gasteiger partial charge in [0.2, 0.25) is 5.91 Å². The van der Waals surface area contributed by atoms with Crippen LogP contribution in [0.2, 0.25) is 0 Å². The molecule has 8 nitrogen and oxygen atoms in total. The SMILES string of the molecule is COc1cc(-c2cn(C3C[C@@H](C(F)(F)F)CN(CC(F)(F)F)C3=O)nn2)ccc1-n1cnc(C)c1. The van der Waals surface area contributed by atoms with E-state index in [1.165, 1.54) is 13.3 Å². The highest BCUT2D eigenvalue weighted by atomic mass is 19.4. The summed E-state index contributed by atoms with van der Waals surface area (Å²) in [6.07, 6.45) is -5.73. The van der Waals surface area contributed by atoms with E-state index in [2.05, 4.69) is 15.3 Å². The predicted molar refractivity (Wildman–Crippen MR) is 110 cm³/mol. The van der Waals surface area contributed by atoms with Crippen molar-refractivity contribution < 1.29 is 35.9 Å². The van der Waals surface area contributed by atoms with Gasteiger partial charge in [-0.05, 0) is 25.5 Å². The average Bonchev–Trinajstić information content (AvgIpc) is 3.42. The number of alkyl halides is 6. The number of carbonyl (C=O) groups excluding carboxylic acids is 1. The van der Waals surface area contributed by atoms with Crippen LogP contribution in [0.5, 0.6) is 5.75 Å². The lowest BCUT2D eigenvalue weighted by atomic mass is 9.93. The van der Waals surface area contributed by atoms with Crippen molar-refractivity contribution in [2.24, 2.45) is 5.92 Å². The predicted octanol–water partition coefficient (Wildman–Crippen LogP) is 3.96. The summed E-state index contributed by atoms with van der Waals surface area (Å²) < 4.78 is 87.0. The summed E-state index contributed by atoms with van der Waals surface area (Å²) in [5.74, 6) is -2.78. The van der Waals surface area contributed by atoms with Gasteiger partial charge in [0, 0.05) is 18.3 Å². The molecule has 1 aliphatic rings. The van der Waals surface area contributed by atoms with Gasteiger partial charge in [-0.15, -0.1) is 5.10 Å². The van der Waals surface area contributed by atoms with Crippen molar-refractivity contribution >= 4 is 5.91 Å². The fraction of sp³-hybridized carbons (Fsp3) is 0.429. The molecule has 1 amide bonds. The fourth-order valence-electron chi connectivity index (χ4n) is 3.99. The van der Waals surface area contributed by atoms with E-state index in [-0.39, 0.29) is 10.6 Å². The maximum atomic E-state index is 13.4. The van der Waals surface area contributed by atoms with Gasteiger partial charge in [0.25, 0.3) is 0 Å². The van der Waals surface area contributed by atoms with Crippen LogP contribution in [-0.4, -0.2) is 67.9 Å². The molecule has 4 rings (SSSR count). The molecular weight excluding hydrogens is 482 g/mol. The normalized spacial score (nSPS) is 19.3. The zero-order chi connectivity index (χ0) is 25.5. The summed E-state index contributed by atoms with van der Waals surface area (Å²) in [5.41, 5.74) is 2.15. The lowest BCUT2D eigenvalue weighted by Gasteiger charge is -2.38.